The van der Waals surface area contributed by atoms with Crippen LogP contribution in [0.15, 0.2) is 24.3 Å². The lowest BCUT2D eigenvalue weighted by Gasteiger charge is -2.31. The van der Waals surface area contributed by atoms with Crippen LogP contribution >= 0.6 is 0 Å². The number of nitrogens with zero attached hydrogens (tertiary/aromatic N) is 1. The number of ether oxygens (including phenoxy) is 1. The second kappa shape index (κ2) is 6.07. The molecule has 2 fully saturated rings. The SMILES string of the molecule is COC(=O)c1ccc(C(=O)N2CCC3(CCC(=O)NC3=O)C2)cc1. The van der Waals surface area contributed by atoms with Crippen LogP contribution in [0.5, 0.6) is 0 Å². The predicted molar refractivity (Wildman–Crippen MR) is 83.1 cm³/mol. The summed E-state index contributed by atoms with van der Waals surface area (Å²) in [6.07, 6.45) is 1.34. The summed E-state index contributed by atoms with van der Waals surface area (Å²) in [6.45, 7) is 0.781. The zero-order valence-electron chi connectivity index (χ0n) is 13.3. The number of methoxy groups -OCH3 is 1. The Kier molecular flexibility index (Phi) is 4.09. The van der Waals surface area contributed by atoms with E-state index in [-0.39, 0.29) is 17.7 Å². The van der Waals surface area contributed by atoms with Crippen molar-refractivity contribution in [3.63, 3.8) is 0 Å². The lowest BCUT2D eigenvalue weighted by Crippen LogP contribution is -2.50. The quantitative estimate of drug-likeness (QED) is 0.638. The number of amides is 3. The van der Waals surface area contributed by atoms with Crippen molar-refractivity contribution in [2.24, 2.45) is 5.41 Å². The molecule has 0 aromatic heterocycles. The number of carbonyl (C=O) groups excluding carboxylic acids is 4. The van der Waals surface area contributed by atoms with Crippen molar-refractivity contribution in [3.05, 3.63) is 35.4 Å². The van der Waals surface area contributed by atoms with E-state index in [1.807, 2.05) is 0 Å². The fraction of sp³-hybridized carbons (Fsp3) is 0.412. The maximum absolute atomic E-state index is 12.6. The molecule has 0 saturated carbocycles. The van der Waals surface area contributed by atoms with Gasteiger partial charge in [0.2, 0.25) is 11.8 Å². The zero-order chi connectivity index (χ0) is 17.3. The van der Waals surface area contributed by atoms with E-state index in [0.717, 1.165) is 0 Å². The lowest BCUT2D eigenvalue weighted by atomic mass is 9.79. The molecular weight excluding hydrogens is 312 g/mol. The molecule has 2 aliphatic rings. The zero-order valence-corrected chi connectivity index (χ0v) is 13.3. The van der Waals surface area contributed by atoms with Crippen LogP contribution in [-0.4, -0.2) is 48.8 Å². The summed E-state index contributed by atoms with van der Waals surface area (Å²) in [5, 5.41) is 2.37. The first kappa shape index (κ1) is 16.2. The average molecular weight is 330 g/mol. The number of hydrogen-bond donors (Lipinski definition) is 1. The van der Waals surface area contributed by atoms with E-state index in [0.29, 0.717) is 43.5 Å². The van der Waals surface area contributed by atoms with E-state index in [1.165, 1.54) is 19.2 Å². The number of rotatable bonds is 2. The topological polar surface area (TPSA) is 92.8 Å². The molecule has 2 aliphatic heterocycles. The normalized spacial score (nSPS) is 23.3. The molecule has 1 aromatic rings. The van der Waals surface area contributed by atoms with Gasteiger partial charge in [0, 0.05) is 25.1 Å². The Morgan fingerprint density at radius 2 is 1.79 bits per heavy atom. The monoisotopic (exact) mass is 330 g/mol. The van der Waals surface area contributed by atoms with Crippen molar-refractivity contribution < 1.29 is 23.9 Å². The Morgan fingerprint density at radius 3 is 2.42 bits per heavy atom. The standard InChI is InChI=1S/C17H18N2O5/c1-24-15(22)12-4-2-11(3-5-12)14(21)19-9-8-17(10-19)7-6-13(20)18-16(17)23/h2-5H,6-10H2,1H3,(H,18,20,23). The van der Waals surface area contributed by atoms with Crippen LogP contribution in [0.2, 0.25) is 0 Å². The van der Waals surface area contributed by atoms with E-state index in [1.54, 1.807) is 17.0 Å². The highest BCUT2D eigenvalue weighted by molar-refractivity contribution is 6.02. The van der Waals surface area contributed by atoms with Gasteiger partial charge in [-0.15, -0.1) is 0 Å². The Labute approximate surface area is 139 Å². The number of benzene rings is 1. The third-order valence-corrected chi connectivity index (χ3v) is 4.76. The minimum Gasteiger partial charge on any atom is -0.465 e. The third-order valence-electron chi connectivity index (χ3n) is 4.76. The highest BCUT2D eigenvalue weighted by Crippen LogP contribution is 2.38. The van der Waals surface area contributed by atoms with Gasteiger partial charge in [-0.2, -0.15) is 0 Å². The van der Waals surface area contributed by atoms with Gasteiger partial charge in [-0.25, -0.2) is 4.79 Å². The van der Waals surface area contributed by atoms with E-state index in [4.69, 9.17) is 0 Å². The molecule has 1 aromatic carbocycles. The van der Waals surface area contributed by atoms with Crippen LogP contribution in [0.25, 0.3) is 0 Å². The van der Waals surface area contributed by atoms with Gasteiger partial charge >= 0.3 is 5.97 Å². The average Bonchev–Trinajstić information content (AvgIpc) is 3.03. The van der Waals surface area contributed by atoms with Crippen molar-refractivity contribution >= 4 is 23.7 Å². The summed E-state index contributed by atoms with van der Waals surface area (Å²) in [7, 11) is 1.30. The fourth-order valence-electron chi connectivity index (χ4n) is 3.27. The van der Waals surface area contributed by atoms with E-state index in [9.17, 15) is 19.2 Å². The molecule has 3 rings (SSSR count). The number of imide groups is 1. The fourth-order valence-corrected chi connectivity index (χ4v) is 3.27. The van der Waals surface area contributed by atoms with Crippen molar-refractivity contribution in [1.29, 1.82) is 0 Å². The molecule has 1 unspecified atom stereocenters. The summed E-state index contributed by atoms with van der Waals surface area (Å²) in [6, 6.07) is 6.22. The molecule has 2 heterocycles. The van der Waals surface area contributed by atoms with Crippen molar-refractivity contribution in [1.82, 2.24) is 10.2 Å². The molecule has 7 heteroatoms. The van der Waals surface area contributed by atoms with Gasteiger partial charge in [-0.05, 0) is 37.1 Å². The van der Waals surface area contributed by atoms with Gasteiger partial charge in [0.1, 0.15) is 0 Å². The first-order chi connectivity index (χ1) is 11.4. The second-order valence-corrected chi connectivity index (χ2v) is 6.20. The molecule has 1 spiro atoms. The third kappa shape index (κ3) is 2.77. The molecule has 7 nitrogen and oxygen atoms in total. The summed E-state index contributed by atoms with van der Waals surface area (Å²) in [5.74, 6) is -1.19. The Bertz CT molecular complexity index is 712. The van der Waals surface area contributed by atoms with Crippen LogP contribution in [0.1, 0.15) is 40.0 Å². The van der Waals surface area contributed by atoms with Crippen LogP contribution in [0.3, 0.4) is 0 Å². The van der Waals surface area contributed by atoms with Crippen molar-refractivity contribution in [2.45, 2.75) is 19.3 Å². The molecule has 0 bridgehead atoms. The number of hydrogen-bond acceptors (Lipinski definition) is 5. The first-order valence-corrected chi connectivity index (χ1v) is 7.77. The first-order valence-electron chi connectivity index (χ1n) is 7.77. The van der Waals surface area contributed by atoms with Crippen molar-refractivity contribution in [3.8, 4) is 0 Å². The van der Waals surface area contributed by atoms with E-state index < -0.39 is 11.4 Å². The molecule has 24 heavy (non-hydrogen) atoms. The van der Waals surface area contributed by atoms with E-state index >= 15 is 0 Å². The predicted octanol–water partition coefficient (Wildman–Crippen LogP) is 0.742. The number of piperidine rings is 1. The lowest BCUT2D eigenvalue weighted by molar-refractivity contribution is -0.141. The van der Waals surface area contributed by atoms with Crippen LogP contribution in [-0.2, 0) is 14.3 Å². The number of carbonyl (C=O) groups is 4. The summed E-state index contributed by atoms with van der Waals surface area (Å²) in [4.78, 5) is 49.1. The van der Waals surface area contributed by atoms with Crippen molar-refractivity contribution in [2.75, 3.05) is 20.2 Å². The molecule has 0 radical (unpaired) electrons. The maximum Gasteiger partial charge on any atom is 0.337 e. The minimum absolute atomic E-state index is 0.187. The highest BCUT2D eigenvalue weighted by Gasteiger charge is 2.48. The molecule has 0 aliphatic carbocycles. The molecule has 2 saturated heterocycles. The van der Waals surface area contributed by atoms with E-state index in [2.05, 4.69) is 10.1 Å². The minimum atomic E-state index is -0.657. The Morgan fingerprint density at radius 1 is 1.12 bits per heavy atom. The van der Waals surface area contributed by atoms with Gasteiger partial charge in [0.25, 0.3) is 5.91 Å². The molecule has 1 atom stereocenters. The molecular formula is C17H18N2O5. The number of nitrogens with one attached hydrogen (secondary N) is 1. The second-order valence-electron chi connectivity index (χ2n) is 6.20. The largest absolute Gasteiger partial charge is 0.465 e. The summed E-state index contributed by atoms with van der Waals surface area (Å²) in [5.41, 5.74) is 0.166. The molecule has 126 valence electrons. The van der Waals surface area contributed by atoms with Gasteiger partial charge in [-0.1, -0.05) is 0 Å². The maximum atomic E-state index is 12.6. The van der Waals surface area contributed by atoms with Gasteiger partial charge < -0.3 is 9.64 Å². The van der Waals surface area contributed by atoms with Gasteiger partial charge in [-0.3, -0.25) is 19.7 Å². The Hall–Kier alpha value is -2.70. The van der Waals surface area contributed by atoms with Crippen LogP contribution < -0.4 is 5.32 Å². The Balaban J connectivity index is 1.71. The summed E-state index contributed by atoms with van der Waals surface area (Å²) >= 11 is 0. The highest BCUT2D eigenvalue weighted by atomic mass is 16.5. The van der Waals surface area contributed by atoms with Crippen LogP contribution in [0, 0.1) is 5.41 Å². The number of esters is 1. The van der Waals surface area contributed by atoms with Gasteiger partial charge in [0.15, 0.2) is 0 Å². The molecule has 1 N–H and O–H groups in total. The smallest absolute Gasteiger partial charge is 0.337 e. The number of likely N-dealkylation sites (tertiary alicyclic amines) is 1. The summed E-state index contributed by atoms with van der Waals surface area (Å²) < 4.78 is 4.63. The van der Waals surface area contributed by atoms with Crippen LogP contribution in [0.4, 0.5) is 0 Å². The van der Waals surface area contributed by atoms with Gasteiger partial charge in [0.05, 0.1) is 18.1 Å². The molecule has 3 amide bonds.